The molecule has 20 heavy (non-hydrogen) atoms. The number of amides is 1. The monoisotopic (exact) mass is 290 g/mol. The van der Waals surface area contributed by atoms with Crippen LogP contribution in [0.4, 0.5) is 11.4 Å². The van der Waals surface area contributed by atoms with Crippen LogP contribution in [-0.2, 0) is 11.2 Å². The summed E-state index contributed by atoms with van der Waals surface area (Å²) in [6.45, 7) is 0. The molecule has 0 radical (unpaired) electrons. The van der Waals surface area contributed by atoms with Gasteiger partial charge in [0.15, 0.2) is 0 Å². The van der Waals surface area contributed by atoms with Gasteiger partial charge in [0.05, 0.1) is 11.3 Å². The number of nitro benzene ring substituents is 1. The van der Waals surface area contributed by atoms with Crippen LogP contribution in [0, 0.1) is 10.1 Å². The van der Waals surface area contributed by atoms with Crippen molar-refractivity contribution in [3.8, 4) is 0 Å². The zero-order valence-electron chi connectivity index (χ0n) is 10.4. The summed E-state index contributed by atoms with van der Waals surface area (Å²) in [7, 11) is 0. The average Bonchev–Trinajstić information content (AvgIpc) is 2.41. The summed E-state index contributed by atoms with van der Waals surface area (Å²) in [6, 6.07) is 12.8. The quantitative estimate of drug-likeness (QED) is 0.692. The molecule has 1 N–H and O–H groups in total. The summed E-state index contributed by atoms with van der Waals surface area (Å²) in [5.74, 6) is -0.318. The number of carbonyl (C=O) groups is 1. The molecule has 2 aromatic rings. The summed E-state index contributed by atoms with van der Waals surface area (Å²) in [6.07, 6.45) is -0.0558. The second-order valence-corrected chi connectivity index (χ2v) is 4.55. The lowest BCUT2D eigenvalue weighted by atomic mass is 10.1. The first kappa shape index (κ1) is 14.0. The molecule has 0 saturated carbocycles. The second kappa shape index (κ2) is 6.16. The third kappa shape index (κ3) is 3.55. The van der Waals surface area contributed by atoms with E-state index >= 15 is 0 Å². The van der Waals surface area contributed by atoms with Crippen molar-refractivity contribution in [2.45, 2.75) is 6.42 Å². The van der Waals surface area contributed by atoms with E-state index in [1.165, 1.54) is 6.07 Å². The number of hydrogen-bond acceptors (Lipinski definition) is 3. The number of nitrogens with one attached hydrogen (secondary N) is 1. The van der Waals surface area contributed by atoms with Crippen molar-refractivity contribution in [3.63, 3.8) is 0 Å². The highest BCUT2D eigenvalue weighted by atomic mass is 35.5. The fraction of sp³-hybridized carbons (Fsp3) is 0.0714. The number of nitro groups is 1. The number of rotatable bonds is 4. The molecule has 0 aromatic heterocycles. The standard InChI is InChI=1S/C14H11ClN2O3/c15-11-5-7-12(8-6-11)16-14(18)9-10-3-1-2-4-13(10)17(19)20/h1-8H,9H2,(H,16,18). The number of carbonyl (C=O) groups excluding carboxylic acids is 1. The van der Waals surface area contributed by atoms with Crippen LogP contribution in [0.3, 0.4) is 0 Å². The van der Waals surface area contributed by atoms with Gasteiger partial charge in [-0.25, -0.2) is 0 Å². The molecule has 102 valence electrons. The van der Waals surface area contributed by atoms with Crippen LogP contribution in [0.2, 0.25) is 5.02 Å². The zero-order valence-corrected chi connectivity index (χ0v) is 11.1. The molecule has 2 rings (SSSR count). The summed E-state index contributed by atoms with van der Waals surface area (Å²) in [4.78, 5) is 22.2. The molecule has 0 saturated heterocycles. The van der Waals surface area contributed by atoms with Gasteiger partial charge in [0.25, 0.3) is 5.69 Å². The van der Waals surface area contributed by atoms with Crippen molar-refractivity contribution < 1.29 is 9.72 Å². The number of para-hydroxylation sites is 1. The van der Waals surface area contributed by atoms with Crippen LogP contribution in [-0.4, -0.2) is 10.8 Å². The topological polar surface area (TPSA) is 72.2 Å². The van der Waals surface area contributed by atoms with E-state index in [2.05, 4.69) is 5.32 Å². The van der Waals surface area contributed by atoms with E-state index < -0.39 is 4.92 Å². The van der Waals surface area contributed by atoms with Crippen molar-refractivity contribution in [2.75, 3.05) is 5.32 Å². The minimum atomic E-state index is -0.495. The van der Waals surface area contributed by atoms with Crippen LogP contribution in [0.25, 0.3) is 0 Å². The molecule has 0 aliphatic heterocycles. The summed E-state index contributed by atoms with van der Waals surface area (Å²) >= 11 is 5.75. The van der Waals surface area contributed by atoms with Gasteiger partial charge >= 0.3 is 0 Å². The van der Waals surface area contributed by atoms with Crippen molar-refractivity contribution >= 4 is 28.9 Å². The highest BCUT2D eigenvalue weighted by molar-refractivity contribution is 6.30. The van der Waals surface area contributed by atoms with E-state index in [9.17, 15) is 14.9 Å². The van der Waals surface area contributed by atoms with Gasteiger partial charge in [0.2, 0.25) is 5.91 Å². The fourth-order valence-corrected chi connectivity index (χ4v) is 1.88. The SMILES string of the molecule is O=C(Cc1ccccc1[N+](=O)[O-])Nc1ccc(Cl)cc1. The average molecular weight is 291 g/mol. The Morgan fingerprint density at radius 2 is 1.80 bits per heavy atom. The lowest BCUT2D eigenvalue weighted by Gasteiger charge is -2.05. The Morgan fingerprint density at radius 1 is 1.15 bits per heavy atom. The maximum absolute atomic E-state index is 11.9. The van der Waals surface area contributed by atoms with Gasteiger partial charge in [-0.2, -0.15) is 0 Å². The lowest BCUT2D eigenvalue weighted by molar-refractivity contribution is -0.385. The largest absolute Gasteiger partial charge is 0.326 e. The summed E-state index contributed by atoms with van der Waals surface area (Å²) in [5.41, 5.74) is 0.917. The van der Waals surface area contributed by atoms with E-state index in [0.29, 0.717) is 16.3 Å². The molecule has 2 aromatic carbocycles. The van der Waals surface area contributed by atoms with Gasteiger partial charge in [0, 0.05) is 22.3 Å². The van der Waals surface area contributed by atoms with Gasteiger partial charge in [-0.1, -0.05) is 29.8 Å². The Bertz CT molecular complexity index is 641. The number of nitrogens with zero attached hydrogens (tertiary/aromatic N) is 1. The van der Waals surface area contributed by atoms with E-state index in [0.717, 1.165) is 0 Å². The maximum Gasteiger partial charge on any atom is 0.273 e. The van der Waals surface area contributed by atoms with Crippen LogP contribution in [0.1, 0.15) is 5.56 Å². The minimum Gasteiger partial charge on any atom is -0.326 e. The first-order chi connectivity index (χ1) is 9.56. The van der Waals surface area contributed by atoms with Crippen molar-refractivity contribution in [2.24, 2.45) is 0 Å². The molecule has 0 unspecified atom stereocenters. The minimum absolute atomic E-state index is 0.0558. The van der Waals surface area contributed by atoms with E-state index in [4.69, 9.17) is 11.6 Å². The molecule has 0 bridgehead atoms. The molecule has 0 fully saturated rings. The molecule has 0 atom stereocenters. The number of hydrogen-bond donors (Lipinski definition) is 1. The molecular formula is C14H11ClN2O3. The molecule has 0 spiro atoms. The van der Waals surface area contributed by atoms with Crippen LogP contribution < -0.4 is 5.32 Å². The molecule has 5 nitrogen and oxygen atoms in total. The predicted octanol–water partition coefficient (Wildman–Crippen LogP) is 3.43. The molecular weight excluding hydrogens is 280 g/mol. The normalized spacial score (nSPS) is 10.1. The van der Waals surface area contributed by atoms with E-state index in [1.807, 2.05) is 0 Å². The highest BCUT2D eigenvalue weighted by Gasteiger charge is 2.15. The smallest absolute Gasteiger partial charge is 0.273 e. The predicted molar refractivity (Wildman–Crippen MR) is 76.9 cm³/mol. The Kier molecular flexibility index (Phi) is 4.32. The molecule has 0 heterocycles. The van der Waals surface area contributed by atoms with Crippen molar-refractivity contribution in [3.05, 3.63) is 69.2 Å². The Hall–Kier alpha value is -2.40. The fourth-order valence-electron chi connectivity index (χ4n) is 1.75. The summed E-state index contributed by atoms with van der Waals surface area (Å²) in [5, 5.41) is 14.1. The number of benzene rings is 2. The van der Waals surface area contributed by atoms with E-state index in [-0.39, 0.29) is 18.0 Å². The molecule has 0 aliphatic rings. The zero-order chi connectivity index (χ0) is 14.5. The van der Waals surface area contributed by atoms with Crippen LogP contribution in [0.5, 0.6) is 0 Å². The Labute approximate surface area is 120 Å². The molecule has 1 amide bonds. The lowest BCUT2D eigenvalue weighted by Crippen LogP contribution is -2.15. The van der Waals surface area contributed by atoms with Crippen LogP contribution >= 0.6 is 11.6 Å². The third-order valence-corrected chi connectivity index (χ3v) is 2.92. The Morgan fingerprint density at radius 3 is 2.45 bits per heavy atom. The van der Waals surface area contributed by atoms with Crippen molar-refractivity contribution in [1.82, 2.24) is 0 Å². The third-order valence-electron chi connectivity index (χ3n) is 2.67. The highest BCUT2D eigenvalue weighted by Crippen LogP contribution is 2.19. The first-order valence-electron chi connectivity index (χ1n) is 5.84. The van der Waals surface area contributed by atoms with Gasteiger partial charge in [-0.15, -0.1) is 0 Å². The van der Waals surface area contributed by atoms with Gasteiger partial charge in [-0.05, 0) is 24.3 Å². The number of anilines is 1. The second-order valence-electron chi connectivity index (χ2n) is 4.12. The van der Waals surface area contributed by atoms with Gasteiger partial charge < -0.3 is 5.32 Å². The molecule has 0 aliphatic carbocycles. The van der Waals surface area contributed by atoms with Crippen molar-refractivity contribution in [1.29, 1.82) is 0 Å². The van der Waals surface area contributed by atoms with Gasteiger partial charge in [-0.3, -0.25) is 14.9 Å². The van der Waals surface area contributed by atoms with Crippen LogP contribution in [0.15, 0.2) is 48.5 Å². The van der Waals surface area contributed by atoms with E-state index in [1.54, 1.807) is 42.5 Å². The molecule has 6 heteroatoms. The first-order valence-corrected chi connectivity index (χ1v) is 6.22. The van der Waals surface area contributed by atoms with Gasteiger partial charge in [0.1, 0.15) is 0 Å². The summed E-state index contributed by atoms with van der Waals surface area (Å²) < 4.78 is 0. The Balaban J connectivity index is 2.08. The maximum atomic E-state index is 11.9. The number of halogens is 1.